The molecule has 2 atom stereocenters. The van der Waals surface area contributed by atoms with Crippen molar-refractivity contribution in [2.75, 3.05) is 5.32 Å². The van der Waals surface area contributed by atoms with Gasteiger partial charge >= 0.3 is 0 Å². The zero-order chi connectivity index (χ0) is 13.1. The summed E-state index contributed by atoms with van der Waals surface area (Å²) in [6.45, 7) is 3.11. The van der Waals surface area contributed by atoms with Crippen LogP contribution in [0.3, 0.4) is 0 Å². The lowest BCUT2D eigenvalue weighted by Crippen LogP contribution is -2.17. The van der Waals surface area contributed by atoms with Crippen LogP contribution in [-0.4, -0.2) is 20.8 Å². The van der Waals surface area contributed by atoms with Crippen LogP contribution in [0.2, 0.25) is 0 Å². The van der Waals surface area contributed by atoms with Crippen LogP contribution in [0.1, 0.15) is 31.7 Å². The first-order valence-electron chi connectivity index (χ1n) is 6.98. The number of anilines is 1. The molecule has 0 aliphatic heterocycles. The van der Waals surface area contributed by atoms with Crippen LogP contribution in [0.5, 0.6) is 0 Å². The Kier molecular flexibility index (Phi) is 3.49. The van der Waals surface area contributed by atoms with Crippen molar-refractivity contribution in [2.24, 2.45) is 5.92 Å². The first-order chi connectivity index (χ1) is 9.31. The molecule has 1 aromatic carbocycles. The van der Waals surface area contributed by atoms with E-state index in [-0.39, 0.29) is 0 Å². The molecule has 0 radical (unpaired) electrons. The lowest BCUT2D eigenvalue weighted by atomic mass is 10.1. The fourth-order valence-corrected chi connectivity index (χ4v) is 2.85. The highest BCUT2D eigenvalue weighted by molar-refractivity contribution is 5.52. The van der Waals surface area contributed by atoms with E-state index in [1.807, 2.05) is 4.68 Å². The zero-order valence-electron chi connectivity index (χ0n) is 11.3. The average molecular weight is 256 g/mol. The van der Waals surface area contributed by atoms with Crippen molar-refractivity contribution in [1.82, 2.24) is 14.8 Å². The summed E-state index contributed by atoms with van der Waals surface area (Å²) < 4.78 is 1.86. The third kappa shape index (κ3) is 2.95. The van der Waals surface area contributed by atoms with E-state index in [1.54, 1.807) is 12.7 Å². The standard InChI is InChI=1S/C15H20N4/c1-12-6-7-14(8-12)18-15-5-3-2-4-13(15)9-19-11-16-10-17-19/h2-5,10-12,14,18H,6-9H2,1H3. The minimum Gasteiger partial charge on any atom is -0.382 e. The highest BCUT2D eigenvalue weighted by atomic mass is 15.3. The Morgan fingerprint density at radius 3 is 2.95 bits per heavy atom. The molecule has 1 aliphatic carbocycles. The maximum atomic E-state index is 4.17. The number of aromatic nitrogens is 3. The van der Waals surface area contributed by atoms with Gasteiger partial charge in [-0.15, -0.1) is 0 Å². The van der Waals surface area contributed by atoms with E-state index in [1.165, 1.54) is 30.5 Å². The van der Waals surface area contributed by atoms with Crippen LogP contribution in [-0.2, 0) is 6.54 Å². The van der Waals surface area contributed by atoms with Gasteiger partial charge in [0.05, 0.1) is 6.54 Å². The summed E-state index contributed by atoms with van der Waals surface area (Å²) in [6.07, 6.45) is 7.22. The van der Waals surface area contributed by atoms with Gasteiger partial charge in [-0.1, -0.05) is 25.1 Å². The zero-order valence-corrected chi connectivity index (χ0v) is 11.3. The van der Waals surface area contributed by atoms with Crippen LogP contribution < -0.4 is 5.32 Å². The molecule has 1 saturated carbocycles. The highest BCUT2D eigenvalue weighted by Gasteiger charge is 2.21. The minimum atomic E-state index is 0.617. The average Bonchev–Trinajstić information content (AvgIpc) is 3.04. The molecule has 3 rings (SSSR count). The van der Waals surface area contributed by atoms with Gasteiger partial charge in [0.25, 0.3) is 0 Å². The summed E-state index contributed by atoms with van der Waals surface area (Å²) in [4.78, 5) is 3.99. The first-order valence-corrected chi connectivity index (χ1v) is 6.98. The maximum Gasteiger partial charge on any atom is 0.137 e. The molecule has 100 valence electrons. The van der Waals surface area contributed by atoms with Crippen molar-refractivity contribution in [3.63, 3.8) is 0 Å². The normalized spacial score (nSPS) is 22.6. The number of rotatable bonds is 4. The van der Waals surface area contributed by atoms with Crippen LogP contribution in [0.15, 0.2) is 36.9 Å². The Hall–Kier alpha value is -1.84. The summed E-state index contributed by atoms with van der Waals surface area (Å²) >= 11 is 0. The number of hydrogen-bond acceptors (Lipinski definition) is 3. The second kappa shape index (κ2) is 5.43. The van der Waals surface area contributed by atoms with E-state index < -0.39 is 0 Å². The van der Waals surface area contributed by atoms with Gasteiger partial charge in [0.2, 0.25) is 0 Å². The van der Waals surface area contributed by atoms with Gasteiger partial charge in [-0.05, 0) is 36.8 Å². The molecule has 1 N–H and O–H groups in total. The number of benzene rings is 1. The largest absolute Gasteiger partial charge is 0.382 e. The second-order valence-electron chi connectivity index (χ2n) is 5.51. The Morgan fingerprint density at radius 2 is 2.21 bits per heavy atom. The highest BCUT2D eigenvalue weighted by Crippen LogP contribution is 2.28. The van der Waals surface area contributed by atoms with Crippen molar-refractivity contribution in [3.8, 4) is 0 Å². The number of nitrogens with one attached hydrogen (secondary N) is 1. The maximum absolute atomic E-state index is 4.17. The predicted octanol–water partition coefficient (Wildman–Crippen LogP) is 2.93. The van der Waals surface area contributed by atoms with Gasteiger partial charge in [0.15, 0.2) is 0 Å². The van der Waals surface area contributed by atoms with E-state index in [4.69, 9.17) is 0 Å². The van der Waals surface area contributed by atoms with E-state index in [2.05, 4.69) is 46.6 Å². The van der Waals surface area contributed by atoms with Crippen molar-refractivity contribution < 1.29 is 0 Å². The van der Waals surface area contributed by atoms with Crippen LogP contribution in [0, 0.1) is 5.92 Å². The molecule has 0 saturated heterocycles. The molecule has 0 amide bonds. The number of para-hydroxylation sites is 1. The molecule has 2 unspecified atom stereocenters. The molecule has 0 bridgehead atoms. The van der Waals surface area contributed by atoms with Crippen molar-refractivity contribution in [3.05, 3.63) is 42.5 Å². The van der Waals surface area contributed by atoms with Gasteiger partial charge in [-0.25, -0.2) is 9.67 Å². The Balaban J connectivity index is 1.73. The molecular formula is C15H20N4. The summed E-state index contributed by atoms with van der Waals surface area (Å²) in [7, 11) is 0. The van der Waals surface area contributed by atoms with Gasteiger partial charge in [0.1, 0.15) is 12.7 Å². The molecule has 4 nitrogen and oxygen atoms in total. The van der Waals surface area contributed by atoms with Crippen LogP contribution in [0.4, 0.5) is 5.69 Å². The predicted molar refractivity (Wildman–Crippen MR) is 76.0 cm³/mol. The SMILES string of the molecule is CC1CCC(Nc2ccccc2Cn2cncn2)C1. The van der Waals surface area contributed by atoms with E-state index in [0.717, 1.165) is 12.5 Å². The van der Waals surface area contributed by atoms with E-state index >= 15 is 0 Å². The van der Waals surface area contributed by atoms with Crippen molar-refractivity contribution >= 4 is 5.69 Å². The summed E-state index contributed by atoms with van der Waals surface area (Å²) in [6, 6.07) is 9.10. The van der Waals surface area contributed by atoms with Crippen LogP contribution >= 0.6 is 0 Å². The molecule has 4 heteroatoms. The van der Waals surface area contributed by atoms with Gasteiger partial charge in [-0.3, -0.25) is 0 Å². The molecule has 0 spiro atoms. The van der Waals surface area contributed by atoms with Crippen molar-refractivity contribution in [2.45, 2.75) is 38.8 Å². The molecule has 1 aromatic heterocycles. The summed E-state index contributed by atoms with van der Waals surface area (Å²) in [5.41, 5.74) is 2.50. The Morgan fingerprint density at radius 1 is 1.32 bits per heavy atom. The summed E-state index contributed by atoms with van der Waals surface area (Å²) in [5, 5.41) is 7.87. The topological polar surface area (TPSA) is 42.7 Å². The molecule has 1 aliphatic rings. The Labute approximate surface area is 113 Å². The lowest BCUT2D eigenvalue weighted by Gasteiger charge is -2.17. The molecule has 1 heterocycles. The summed E-state index contributed by atoms with van der Waals surface area (Å²) in [5.74, 6) is 0.847. The molecule has 19 heavy (non-hydrogen) atoms. The number of hydrogen-bond donors (Lipinski definition) is 1. The number of nitrogens with zero attached hydrogens (tertiary/aromatic N) is 3. The van der Waals surface area contributed by atoms with E-state index in [0.29, 0.717) is 6.04 Å². The fourth-order valence-electron chi connectivity index (χ4n) is 2.85. The third-order valence-corrected chi connectivity index (χ3v) is 3.87. The monoisotopic (exact) mass is 256 g/mol. The first kappa shape index (κ1) is 12.2. The minimum absolute atomic E-state index is 0.617. The van der Waals surface area contributed by atoms with Crippen molar-refractivity contribution in [1.29, 1.82) is 0 Å². The lowest BCUT2D eigenvalue weighted by molar-refractivity contribution is 0.602. The van der Waals surface area contributed by atoms with Gasteiger partial charge in [-0.2, -0.15) is 5.10 Å². The van der Waals surface area contributed by atoms with Crippen LogP contribution in [0.25, 0.3) is 0 Å². The molecular weight excluding hydrogens is 236 g/mol. The molecule has 2 aromatic rings. The molecule has 1 fully saturated rings. The van der Waals surface area contributed by atoms with E-state index in [9.17, 15) is 0 Å². The third-order valence-electron chi connectivity index (χ3n) is 3.87. The van der Waals surface area contributed by atoms with Gasteiger partial charge < -0.3 is 5.32 Å². The second-order valence-corrected chi connectivity index (χ2v) is 5.51. The quantitative estimate of drug-likeness (QED) is 0.914. The van der Waals surface area contributed by atoms with Gasteiger partial charge in [0, 0.05) is 11.7 Å². The fraction of sp³-hybridized carbons (Fsp3) is 0.467. The smallest absolute Gasteiger partial charge is 0.137 e. The Bertz CT molecular complexity index is 521.